The van der Waals surface area contributed by atoms with Crippen LogP contribution in [-0.4, -0.2) is 18.0 Å². The van der Waals surface area contributed by atoms with E-state index in [1.165, 1.54) is 31.4 Å². The van der Waals surface area contributed by atoms with E-state index >= 15 is 0 Å². The molecule has 2 aromatic carbocycles. The van der Waals surface area contributed by atoms with Crippen LogP contribution in [0.1, 0.15) is 15.9 Å². The summed E-state index contributed by atoms with van der Waals surface area (Å²) in [5, 5.41) is 11.4. The third kappa shape index (κ3) is 3.54. The average Bonchev–Trinajstić information content (AvgIpc) is 2.65. The highest BCUT2D eigenvalue weighted by Gasteiger charge is 2.14. The number of benzene rings is 2. The predicted octanol–water partition coefficient (Wildman–Crippen LogP) is 3.07. The van der Waals surface area contributed by atoms with Crippen molar-refractivity contribution in [3.63, 3.8) is 0 Å². The summed E-state index contributed by atoms with van der Waals surface area (Å²) in [6.45, 7) is -0.185. The van der Waals surface area contributed by atoms with Crippen molar-refractivity contribution in [1.82, 2.24) is 0 Å². The van der Waals surface area contributed by atoms with Gasteiger partial charge in [0, 0.05) is 35.2 Å². The number of nitro benzene ring substituents is 1. The molecule has 8 heteroatoms. The van der Waals surface area contributed by atoms with Crippen molar-refractivity contribution in [2.75, 3.05) is 7.11 Å². The summed E-state index contributed by atoms with van der Waals surface area (Å²) in [4.78, 5) is 34.1. The first kappa shape index (κ1) is 17.2. The minimum Gasteiger partial charge on any atom is -0.497 e. The number of carbonyl (C=O) groups excluding carboxylic acids is 1. The summed E-state index contributed by atoms with van der Waals surface area (Å²) >= 11 is 0. The lowest BCUT2D eigenvalue weighted by atomic mass is 10.1. The molecular weight excluding hydrogens is 342 g/mol. The van der Waals surface area contributed by atoms with Crippen LogP contribution in [0.15, 0.2) is 57.7 Å². The normalized spacial score (nSPS) is 10.5. The van der Waals surface area contributed by atoms with E-state index in [9.17, 15) is 19.7 Å². The summed E-state index contributed by atoms with van der Waals surface area (Å²) in [6, 6.07) is 11.4. The molecule has 0 spiro atoms. The number of fused-ring (bicyclic) bond motifs is 1. The van der Waals surface area contributed by atoms with Crippen LogP contribution in [0, 0.1) is 10.1 Å². The maximum atomic E-state index is 12.1. The number of methoxy groups -OCH3 is 1. The predicted molar refractivity (Wildman–Crippen MR) is 91.3 cm³/mol. The van der Waals surface area contributed by atoms with E-state index in [0.717, 1.165) is 6.07 Å². The summed E-state index contributed by atoms with van der Waals surface area (Å²) in [7, 11) is 1.49. The number of hydrogen-bond donors (Lipinski definition) is 0. The molecule has 0 fully saturated rings. The van der Waals surface area contributed by atoms with Gasteiger partial charge in [0.05, 0.1) is 17.6 Å². The smallest absolute Gasteiger partial charge is 0.338 e. The molecule has 1 aromatic heterocycles. The fourth-order valence-corrected chi connectivity index (χ4v) is 2.43. The van der Waals surface area contributed by atoms with Crippen LogP contribution in [0.5, 0.6) is 5.75 Å². The van der Waals surface area contributed by atoms with Gasteiger partial charge in [-0.15, -0.1) is 0 Å². The Kier molecular flexibility index (Phi) is 4.66. The minimum atomic E-state index is -0.733. The molecule has 3 aromatic rings. The molecule has 0 aliphatic heterocycles. The van der Waals surface area contributed by atoms with E-state index in [4.69, 9.17) is 13.9 Å². The van der Waals surface area contributed by atoms with Gasteiger partial charge >= 0.3 is 11.6 Å². The fourth-order valence-electron chi connectivity index (χ4n) is 2.43. The highest BCUT2D eigenvalue weighted by atomic mass is 16.6. The Morgan fingerprint density at radius 2 is 2.00 bits per heavy atom. The third-order valence-corrected chi connectivity index (χ3v) is 3.69. The van der Waals surface area contributed by atoms with Crippen molar-refractivity contribution >= 4 is 22.6 Å². The number of hydrogen-bond acceptors (Lipinski definition) is 7. The molecule has 0 aliphatic rings. The van der Waals surface area contributed by atoms with Gasteiger partial charge in [-0.3, -0.25) is 10.1 Å². The molecule has 0 saturated carbocycles. The van der Waals surface area contributed by atoms with Gasteiger partial charge in [-0.25, -0.2) is 9.59 Å². The standard InChI is InChI=1S/C18H13NO7/c1-24-14-5-6-15-12(8-17(20)26-16(15)9-14)10-25-18(21)11-3-2-4-13(7-11)19(22)23/h2-9H,10H2,1H3. The van der Waals surface area contributed by atoms with Gasteiger partial charge in [-0.1, -0.05) is 6.07 Å². The first-order valence-corrected chi connectivity index (χ1v) is 7.50. The van der Waals surface area contributed by atoms with Crippen LogP contribution in [0.4, 0.5) is 5.69 Å². The van der Waals surface area contributed by atoms with Crippen LogP contribution in [-0.2, 0) is 11.3 Å². The largest absolute Gasteiger partial charge is 0.497 e. The second-order valence-corrected chi connectivity index (χ2v) is 5.34. The molecular formula is C18H13NO7. The van der Waals surface area contributed by atoms with Crippen LogP contribution >= 0.6 is 0 Å². The van der Waals surface area contributed by atoms with Gasteiger partial charge < -0.3 is 13.9 Å². The lowest BCUT2D eigenvalue weighted by molar-refractivity contribution is -0.384. The van der Waals surface area contributed by atoms with Crippen molar-refractivity contribution in [2.24, 2.45) is 0 Å². The molecule has 26 heavy (non-hydrogen) atoms. The van der Waals surface area contributed by atoms with Gasteiger partial charge in [0.15, 0.2) is 0 Å². The SMILES string of the molecule is COc1ccc2c(COC(=O)c3cccc([N+](=O)[O-])c3)cc(=O)oc2c1. The Bertz CT molecular complexity index is 1050. The summed E-state index contributed by atoms with van der Waals surface area (Å²) in [6.07, 6.45) is 0. The van der Waals surface area contributed by atoms with Gasteiger partial charge in [0.2, 0.25) is 0 Å². The van der Waals surface area contributed by atoms with E-state index < -0.39 is 16.5 Å². The topological polar surface area (TPSA) is 109 Å². The molecule has 0 radical (unpaired) electrons. The lowest BCUT2D eigenvalue weighted by Crippen LogP contribution is -2.08. The van der Waals surface area contributed by atoms with Crippen molar-refractivity contribution < 1.29 is 23.6 Å². The zero-order valence-electron chi connectivity index (χ0n) is 13.6. The Hall–Kier alpha value is -3.68. The van der Waals surface area contributed by atoms with Crippen molar-refractivity contribution in [2.45, 2.75) is 6.61 Å². The summed E-state index contributed by atoms with van der Waals surface area (Å²) < 4.78 is 15.4. The molecule has 8 nitrogen and oxygen atoms in total. The maximum Gasteiger partial charge on any atom is 0.338 e. The van der Waals surface area contributed by atoms with Gasteiger partial charge in [-0.05, 0) is 18.2 Å². The Balaban J connectivity index is 1.85. The van der Waals surface area contributed by atoms with Crippen LogP contribution in [0.2, 0.25) is 0 Å². The number of ether oxygens (including phenoxy) is 2. The number of non-ortho nitro benzene ring substituents is 1. The van der Waals surface area contributed by atoms with Crippen LogP contribution in [0.3, 0.4) is 0 Å². The highest BCUT2D eigenvalue weighted by molar-refractivity contribution is 5.90. The third-order valence-electron chi connectivity index (χ3n) is 3.69. The zero-order valence-corrected chi connectivity index (χ0v) is 13.6. The lowest BCUT2D eigenvalue weighted by Gasteiger charge is -2.08. The molecule has 0 unspecified atom stereocenters. The van der Waals surface area contributed by atoms with Gasteiger partial charge in [0.1, 0.15) is 17.9 Å². The van der Waals surface area contributed by atoms with E-state index in [0.29, 0.717) is 22.3 Å². The van der Waals surface area contributed by atoms with Crippen molar-refractivity contribution in [3.8, 4) is 5.75 Å². The first-order chi connectivity index (χ1) is 12.5. The van der Waals surface area contributed by atoms with E-state index in [1.54, 1.807) is 18.2 Å². The zero-order chi connectivity index (χ0) is 18.7. The van der Waals surface area contributed by atoms with E-state index in [-0.39, 0.29) is 17.9 Å². The second kappa shape index (κ2) is 7.06. The van der Waals surface area contributed by atoms with E-state index in [1.807, 2.05) is 0 Å². The molecule has 3 rings (SSSR count). The number of esters is 1. The maximum absolute atomic E-state index is 12.1. The van der Waals surface area contributed by atoms with Crippen molar-refractivity contribution in [3.05, 3.63) is 80.2 Å². The molecule has 132 valence electrons. The number of nitro groups is 1. The number of nitrogens with zero attached hydrogens (tertiary/aromatic N) is 1. The summed E-state index contributed by atoms with van der Waals surface area (Å²) in [5.74, 6) is -0.213. The number of rotatable bonds is 5. The Morgan fingerprint density at radius 3 is 2.73 bits per heavy atom. The average molecular weight is 355 g/mol. The molecule has 0 saturated heterocycles. The molecule has 0 atom stereocenters. The molecule has 0 aliphatic carbocycles. The van der Waals surface area contributed by atoms with E-state index in [2.05, 4.69) is 0 Å². The Labute approximate surface area is 146 Å². The molecule has 0 amide bonds. The molecule has 0 bridgehead atoms. The highest BCUT2D eigenvalue weighted by Crippen LogP contribution is 2.23. The van der Waals surface area contributed by atoms with Crippen LogP contribution in [0.25, 0.3) is 11.0 Å². The fraction of sp³-hybridized carbons (Fsp3) is 0.111. The van der Waals surface area contributed by atoms with Gasteiger partial charge in [-0.2, -0.15) is 0 Å². The van der Waals surface area contributed by atoms with Crippen LogP contribution < -0.4 is 10.4 Å². The molecule has 0 N–H and O–H groups in total. The Morgan fingerprint density at radius 1 is 1.19 bits per heavy atom. The van der Waals surface area contributed by atoms with Crippen molar-refractivity contribution in [1.29, 1.82) is 0 Å². The quantitative estimate of drug-likeness (QED) is 0.299. The molecule has 1 heterocycles. The summed E-state index contributed by atoms with van der Waals surface area (Å²) in [5.41, 5.74) is 0.00794. The minimum absolute atomic E-state index is 0.0492. The van der Waals surface area contributed by atoms with Gasteiger partial charge in [0.25, 0.3) is 5.69 Å². The monoisotopic (exact) mass is 355 g/mol. The number of carbonyl (C=O) groups is 1. The first-order valence-electron chi connectivity index (χ1n) is 7.50. The second-order valence-electron chi connectivity index (χ2n) is 5.34.